The van der Waals surface area contributed by atoms with E-state index < -0.39 is 67.3 Å². The van der Waals surface area contributed by atoms with Crippen LogP contribution in [0.4, 0.5) is 0 Å². The molecule has 494 valence electrons. The number of aliphatic carboxylic acids is 1. The number of hydrogen-bond donors (Lipinski definition) is 3. The van der Waals surface area contributed by atoms with Gasteiger partial charge in [0.05, 0.1) is 6.61 Å². The van der Waals surface area contributed by atoms with Crippen LogP contribution in [0.15, 0.2) is 48.6 Å². The number of rotatable bonds is 62. The Bertz CT molecular complexity index is 1660. The van der Waals surface area contributed by atoms with E-state index in [1.807, 2.05) is 0 Å². The zero-order valence-corrected chi connectivity index (χ0v) is 54.9. The van der Waals surface area contributed by atoms with E-state index in [4.69, 9.17) is 23.7 Å². The normalized spacial score (nSPS) is 17.7. The summed E-state index contributed by atoms with van der Waals surface area (Å²) >= 11 is 0. The lowest BCUT2D eigenvalue weighted by molar-refractivity contribution is -0.301. The Hall–Kier alpha value is -3.32. The molecule has 6 atom stereocenters. The molecule has 0 bridgehead atoms. The first-order chi connectivity index (χ1) is 41.6. The quantitative estimate of drug-likeness (QED) is 0.0228. The number of ether oxygens (including phenoxy) is 5. The van der Waals surface area contributed by atoms with Gasteiger partial charge in [0, 0.05) is 19.3 Å². The molecule has 6 unspecified atom stereocenters. The highest BCUT2D eigenvalue weighted by Gasteiger charge is 2.50. The van der Waals surface area contributed by atoms with E-state index in [1.165, 1.54) is 180 Å². The molecule has 12 nitrogen and oxygen atoms in total. The standard InChI is InChI=1S/C73H130O12/c1-4-7-10-13-16-19-22-25-28-31-33-36-38-41-44-47-50-53-56-59-65(74)81-62-64(83-66(75)60-57-54-51-48-45-42-39-35-30-27-24-21-18-15-12-9-6-3)63-82-73-71(69(78)68(77)70(85-73)72(79)80)84-67(76)61-58-55-52-49-46-43-40-37-34-32-29-26-23-20-17-14-11-8-5-2/h9,12,18,21,25,27-28,30,64,68-71,73,77-78H,4-8,10-11,13-17,19-20,22-24,26,29,31-63H2,1-3H3,(H,79,80)/b12-9-,21-18-,28-25-,30-27-. The number of carbonyl (C=O) groups is 4. The molecule has 0 spiro atoms. The summed E-state index contributed by atoms with van der Waals surface area (Å²) in [5.41, 5.74) is 0. The Morgan fingerprint density at radius 1 is 0.400 bits per heavy atom. The zero-order chi connectivity index (χ0) is 61.7. The van der Waals surface area contributed by atoms with Gasteiger partial charge in [0.25, 0.3) is 0 Å². The first-order valence-corrected chi connectivity index (χ1v) is 35.6. The van der Waals surface area contributed by atoms with Gasteiger partial charge in [-0.2, -0.15) is 0 Å². The van der Waals surface area contributed by atoms with Crippen molar-refractivity contribution in [3.63, 3.8) is 0 Å². The third-order valence-corrected chi connectivity index (χ3v) is 16.4. The van der Waals surface area contributed by atoms with Crippen molar-refractivity contribution >= 4 is 23.9 Å². The first-order valence-electron chi connectivity index (χ1n) is 35.6. The summed E-state index contributed by atoms with van der Waals surface area (Å²) < 4.78 is 28.6. The van der Waals surface area contributed by atoms with Crippen LogP contribution in [0.5, 0.6) is 0 Å². The molecule has 1 aliphatic heterocycles. The predicted octanol–water partition coefficient (Wildman–Crippen LogP) is 19.7. The molecule has 0 radical (unpaired) electrons. The molecule has 3 N–H and O–H groups in total. The van der Waals surface area contributed by atoms with Gasteiger partial charge >= 0.3 is 23.9 Å². The van der Waals surface area contributed by atoms with E-state index in [-0.39, 0.29) is 25.9 Å². The molecular formula is C73H130O12. The van der Waals surface area contributed by atoms with Gasteiger partial charge in [0.1, 0.15) is 18.8 Å². The highest BCUT2D eigenvalue weighted by molar-refractivity contribution is 5.74. The molecule has 0 aromatic rings. The van der Waals surface area contributed by atoms with E-state index in [2.05, 4.69) is 69.4 Å². The largest absolute Gasteiger partial charge is 0.479 e. The number of carboxylic acid groups (broad SMARTS) is 1. The van der Waals surface area contributed by atoms with Crippen LogP contribution in [-0.2, 0) is 42.9 Å². The third-order valence-electron chi connectivity index (χ3n) is 16.4. The number of carboxylic acids is 1. The Morgan fingerprint density at radius 3 is 1.14 bits per heavy atom. The molecule has 1 aliphatic rings. The summed E-state index contributed by atoms with van der Waals surface area (Å²) in [4.78, 5) is 51.5. The van der Waals surface area contributed by atoms with Crippen molar-refractivity contribution in [2.75, 3.05) is 13.2 Å². The van der Waals surface area contributed by atoms with Crippen molar-refractivity contribution in [3.05, 3.63) is 48.6 Å². The maximum absolute atomic E-state index is 13.2. The third kappa shape index (κ3) is 50.3. The smallest absolute Gasteiger partial charge is 0.335 e. The fraction of sp³-hybridized carbons (Fsp3) is 0.836. The highest BCUT2D eigenvalue weighted by Crippen LogP contribution is 2.27. The summed E-state index contributed by atoms with van der Waals surface area (Å²) in [5, 5.41) is 31.7. The van der Waals surface area contributed by atoms with Crippen LogP contribution in [0, 0.1) is 0 Å². The van der Waals surface area contributed by atoms with E-state index >= 15 is 0 Å². The Kier molecular flexibility index (Phi) is 57.1. The van der Waals surface area contributed by atoms with Crippen molar-refractivity contribution in [1.29, 1.82) is 0 Å². The molecule has 1 fully saturated rings. The van der Waals surface area contributed by atoms with Gasteiger partial charge in [-0.05, 0) is 77.0 Å². The van der Waals surface area contributed by atoms with E-state index in [9.17, 15) is 34.5 Å². The van der Waals surface area contributed by atoms with Crippen LogP contribution >= 0.6 is 0 Å². The number of aliphatic hydroxyl groups is 2. The highest BCUT2D eigenvalue weighted by atomic mass is 16.7. The lowest BCUT2D eigenvalue weighted by Gasteiger charge is -2.40. The summed E-state index contributed by atoms with van der Waals surface area (Å²) in [5.74, 6) is -3.10. The molecule has 0 saturated carbocycles. The lowest BCUT2D eigenvalue weighted by Crippen LogP contribution is -2.61. The SMILES string of the molecule is CC/C=C\C/C=C\C/C=C\CCCCCCCCCC(=O)OC(COC(=O)CCCCCCCCCCC/C=C\CCCCCCCC)COC1OC(C(=O)O)C(O)C(O)C1OC(=O)CCCCCCCCCCCCCCCCCCCCC. The Balaban J connectivity index is 2.61. The summed E-state index contributed by atoms with van der Waals surface area (Å²) in [7, 11) is 0. The maximum atomic E-state index is 13.2. The van der Waals surface area contributed by atoms with E-state index in [0.717, 1.165) is 103 Å². The van der Waals surface area contributed by atoms with Gasteiger partial charge < -0.3 is 39.0 Å². The number of unbranched alkanes of at least 4 members (excludes halogenated alkanes) is 40. The van der Waals surface area contributed by atoms with Gasteiger partial charge in [0.2, 0.25) is 0 Å². The number of esters is 3. The van der Waals surface area contributed by atoms with Gasteiger partial charge in [-0.3, -0.25) is 14.4 Å². The van der Waals surface area contributed by atoms with Crippen LogP contribution in [0.2, 0.25) is 0 Å². The monoisotopic (exact) mass is 1200 g/mol. The van der Waals surface area contributed by atoms with E-state index in [0.29, 0.717) is 19.3 Å². The van der Waals surface area contributed by atoms with Gasteiger partial charge in [-0.1, -0.05) is 294 Å². The van der Waals surface area contributed by atoms with Gasteiger partial charge in [-0.15, -0.1) is 0 Å². The van der Waals surface area contributed by atoms with Crippen LogP contribution in [-0.4, -0.2) is 89.2 Å². The lowest BCUT2D eigenvalue weighted by atomic mass is 9.98. The summed E-state index contributed by atoms with van der Waals surface area (Å²) in [6.07, 6.45) is 63.5. The maximum Gasteiger partial charge on any atom is 0.335 e. The minimum absolute atomic E-state index is 0.0643. The Morgan fingerprint density at radius 2 is 0.741 bits per heavy atom. The average molecular weight is 1200 g/mol. The zero-order valence-electron chi connectivity index (χ0n) is 54.9. The van der Waals surface area contributed by atoms with Crippen LogP contribution in [0.1, 0.15) is 342 Å². The fourth-order valence-electron chi connectivity index (χ4n) is 11.0. The van der Waals surface area contributed by atoms with Crippen molar-refractivity contribution in [1.82, 2.24) is 0 Å². The van der Waals surface area contributed by atoms with E-state index in [1.54, 1.807) is 0 Å². The van der Waals surface area contributed by atoms with Crippen molar-refractivity contribution in [3.8, 4) is 0 Å². The summed E-state index contributed by atoms with van der Waals surface area (Å²) in [6, 6.07) is 0. The van der Waals surface area contributed by atoms with Crippen LogP contribution in [0.3, 0.4) is 0 Å². The minimum atomic E-state index is -1.90. The number of hydrogen-bond acceptors (Lipinski definition) is 11. The molecule has 1 saturated heterocycles. The molecule has 1 heterocycles. The topological polar surface area (TPSA) is 175 Å². The van der Waals surface area contributed by atoms with Gasteiger partial charge in [0.15, 0.2) is 24.6 Å². The molecule has 85 heavy (non-hydrogen) atoms. The molecule has 1 rings (SSSR count). The van der Waals surface area contributed by atoms with Crippen LogP contribution in [0.25, 0.3) is 0 Å². The predicted molar refractivity (Wildman–Crippen MR) is 349 cm³/mol. The summed E-state index contributed by atoms with van der Waals surface area (Å²) in [6.45, 7) is 5.94. The Labute approximate surface area is 520 Å². The molecule has 0 aromatic heterocycles. The minimum Gasteiger partial charge on any atom is -0.479 e. The second-order valence-electron chi connectivity index (χ2n) is 24.5. The van der Waals surface area contributed by atoms with Crippen molar-refractivity contribution in [2.24, 2.45) is 0 Å². The number of allylic oxidation sites excluding steroid dienone is 8. The molecule has 0 aliphatic carbocycles. The molecule has 0 amide bonds. The number of carbonyl (C=O) groups excluding carboxylic acids is 3. The molecule has 12 heteroatoms. The van der Waals surface area contributed by atoms with Crippen molar-refractivity contribution < 1.29 is 58.2 Å². The van der Waals surface area contributed by atoms with Crippen LogP contribution < -0.4 is 0 Å². The molecular weight excluding hydrogens is 1070 g/mol. The fourth-order valence-corrected chi connectivity index (χ4v) is 11.0. The van der Waals surface area contributed by atoms with Crippen molar-refractivity contribution in [2.45, 2.75) is 379 Å². The average Bonchev–Trinajstić information content (AvgIpc) is 3.53. The number of aliphatic hydroxyl groups excluding tert-OH is 2. The first kappa shape index (κ1) is 79.7. The molecule has 0 aromatic carbocycles. The second kappa shape index (κ2) is 60.9. The van der Waals surface area contributed by atoms with Gasteiger partial charge in [-0.25, -0.2) is 4.79 Å². The second-order valence-corrected chi connectivity index (χ2v) is 24.5.